The summed E-state index contributed by atoms with van der Waals surface area (Å²) in [7, 11) is 1.92. The van der Waals surface area contributed by atoms with Gasteiger partial charge in [-0.15, -0.1) is 34.2 Å². The Kier molecular flexibility index (Phi) is 11.6. The highest BCUT2D eigenvalue weighted by molar-refractivity contribution is 14.0. The molecule has 30 heavy (non-hydrogen) atoms. The van der Waals surface area contributed by atoms with E-state index in [-0.39, 0.29) is 42.0 Å². The van der Waals surface area contributed by atoms with Gasteiger partial charge in [0.1, 0.15) is 12.4 Å². The molecule has 2 heterocycles. The topological polar surface area (TPSA) is 109 Å². The second kappa shape index (κ2) is 13.1. The smallest absolute Gasteiger partial charge is 0.239 e. The summed E-state index contributed by atoms with van der Waals surface area (Å²) in [6.07, 6.45) is 0.984. The molecular formula is C19H37IN8O2. The van der Waals surface area contributed by atoms with Gasteiger partial charge in [-0.2, -0.15) is 0 Å². The number of nitrogens with one attached hydrogen (secondary N) is 3. The molecule has 1 aromatic rings. The van der Waals surface area contributed by atoms with E-state index in [2.05, 4.69) is 36.0 Å². The zero-order valence-electron chi connectivity index (χ0n) is 18.8. The largest absolute Gasteiger partial charge is 0.379 e. The number of halogens is 1. The van der Waals surface area contributed by atoms with E-state index < -0.39 is 0 Å². The molecule has 2 rings (SSSR count). The summed E-state index contributed by atoms with van der Waals surface area (Å²) in [5.74, 6) is 2.13. The molecule has 0 atom stereocenters. The number of aliphatic imine (C=N–C) groups is 1. The lowest BCUT2D eigenvalue weighted by atomic mass is 10.1. The second-order valence-corrected chi connectivity index (χ2v) is 8.27. The molecule has 1 aliphatic rings. The predicted molar refractivity (Wildman–Crippen MR) is 128 cm³/mol. The molecule has 0 radical (unpaired) electrons. The van der Waals surface area contributed by atoms with E-state index in [1.54, 1.807) is 0 Å². The predicted octanol–water partition coefficient (Wildman–Crippen LogP) is 0.414. The molecule has 172 valence electrons. The van der Waals surface area contributed by atoms with Crippen LogP contribution in [0.5, 0.6) is 0 Å². The highest BCUT2D eigenvalue weighted by Gasteiger charge is 2.14. The van der Waals surface area contributed by atoms with E-state index in [1.165, 1.54) is 0 Å². The van der Waals surface area contributed by atoms with Crippen molar-refractivity contribution in [2.24, 2.45) is 12.0 Å². The number of rotatable bonds is 8. The number of hydrogen-bond donors (Lipinski definition) is 3. The number of aromatic nitrogens is 3. The van der Waals surface area contributed by atoms with Crippen LogP contribution in [0.3, 0.4) is 0 Å². The Hall–Kier alpha value is -1.47. The van der Waals surface area contributed by atoms with Crippen molar-refractivity contribution >= 4 is 35.8 Å². The number of carbonyl (C=O) groups excluding carboxylic acids is 1. The Balaban J connectivity index is 0.00000450. The fraction of sp³-hybridized carbons (Fsp3) is 0.789. The average molecular weight is 536 g/mol. The van der Waals surface area contributed by atoms with Crippen LogP contribution in [0.15, 0.2) is 4.99 Å². The number of aryl methyl sites for hydroxylation is 1. The van der Waals surface area contributed by atoms with Crippen LogP contribution in [0.25, 0.3) is 0 Å². The molecule has 1 aliphatic heterocycles. The fourth-order valence-electron chi connectivity index (χ4n) is 2.87. The Morgan fingerprint density at radius 3 is 2.50 bits per heavy atom. The van der Waals surface area contributed by atoms with Crippen molar-refractivity contribution in [1.29, 1.82) is 0 Å². The van der Waals surface area contributed by atoms with Crippen molar-refractivity contribution in [2.75, 3.05) is 45.9 Å². The minimum atomic E-state index is -0.266. The summed E-state index contributed by atoms with van der Waals surface area (Å²) < 4.78 is 7.29. The molecule has 1 aromatic heterocycles. The van der Waals surface area contributed by atoms with Crippen LogP contribution in [0.4, 0.5) is 0 Å². The number of carbonyl (C=O) groups is 1. The number of morpholine rings is 1. The van der Waals surface area contributed by atoms with Gasteiger partial charge in [-0.3, -0.25) is 9.69 Å². The van der Waals surface area contributed by atoms with Crippen molar-refractivity contribution in [3.05, 3.63) is 11.6 Å². The third-order valence-corrected chi connectivity index (χ3v) is 4.54. The van der Waals surface area contributed by atoms with Gasteiger partial charge in [0.25, 0.3) is 0 Å². The highest BCUT2D eigenvalue weighted by atomic mass is 127. The van der Waals surface area contributed by atoms with Crippen molar-refractivity contribution in [3.63, 3.8) is 0 Å². The molecule has 1 saturated heterocycles. The van der Waals surface area contributed by atoms with Crippen molar-refractivity contribution < 1.29 is 9.53 Å². The van der Waals surface area contributed by atoms with Gasteiger partial charge in [-0.25, -0.2) is 4.99 Å². The summed E-state index contributed by atoms with van der Waals surface area (Å²) >= 11 is 0. The van der Waals surface area contributed by atoms with Gasteiger partial charge in [-0.05, 0) is 40.7 Å². The molecule has 0 saturated carbocycles. The standard InChI is InChI=1S/C19H36N8O2.HI/c1-15-24-25-16(26(15)5)13-21-18(22-14-17(28)23-19(2,3)4)20-7-6-8-27-9-11-29-12-10-27;/h6-14H2,1-5H3,(H,23,28)(H2,20,21,22);1H. The van der Waals surface area contributed by atoms with Gasteiger partial charge in [-0.1, -0.05) is 0 Å². The monoisotopic (exact) mass is 536 g/mol. The third-order valence-electron chi connectivity index (χ3n) is 4.54. The van der Waals surface area contributed by atoms with Crippen molar-refractivity contribution in [1.82, 2.24) is 35.6 Å². The lowest BCUT2D eigenvalue weighted by Crippen LogP contribution is -2.48. The van der Waals surface area contributed by atoms with E-state index in [0.717, 1.165) is 57.5 Å². The first-order valence-corrected chi connectivity index (χ1v) is 10.2. The number of guanidine groups is 1. The third kappa shape index (κ3) is 10.0. The normalized spacial score (nSPS) is 15.4. The summed E-state index contributed by atoms with van der Waals surface area (Å²) in [6.45, 7) is 13.7. The lowest BCUT2D eigenvalue weighted by molar-refractivity contribution is -0.121. The summed E-state index contributed by atoms with van der Waals surface area (Å²) in [5.41, 5.74) is -0.266. The van der Waals surface area contributed by atoms with Gasteiger partial charge in [0.2, 0.25) is 5.91 Å². The SMILES string of the molecule is Cc1nnc(CN=C(NCCCN2CCOCC2)NCC(=O)NC(C)(C)C)n1C.I. The molecule has 11 heteroatoms. The molecule has 0 aliphatic carbocycles. The fourth-order valence-corrected chi connectivity index (χ4v) is 2.87. The Bertz CT molecular complexity index is 681. The zero-order chi connectivity index (χ0) is 21.3. The molecule has 0 unspecified atom stereocenters. The molecule has 1 fully saturated rings. The molecule has 1 amide bonds. The first-order chi connectivity index (χ1) is 13.7. The van der Waals surface area contributed by atoms with E-state index in [4.69, 9.17) is 4.74 Å². The number of amides is 1. The zero-order valence-corrected chi connectivity index (χ0v) is 21.2. The van der Waals surface area contributed by atoms with Crippen LogP contribution in [0.2, 0.25) is 0 Å². The van der Waals surface area contributed by atoms with E-state index >= 15 is 0 Å². The van der Waals surface area contributed by atoms with E-state index in [0.29, 0.717) is 12.5 Å². The summed E-state index contributed by atoms with van der Waals surface area (Å²) in [5, 5.41) is 17.6. The number of hydrogen-bond acceptors (Lipinski definition) is 6. The van der Waals surface area contributed by atoms with Crippen LogP contribution < -0.4 is 16.0 Å². The lowest BCUT2D eigenvalue weighted by Gasteiger charge is -2.26. The Morgan fingerprint density at radius 1 is 1.20 bits per heavy atom. The molecule has 0 aromatic carbocycles. The van der Waals surface area contributed by atoms with Gasteiger partial charge in [0, 0.05) is 32.2 Å². The highest BCUT2D eigenvalue weighted by Crippen LogP contribution is 2.00. The molecule has 10 nitrogen and oxygen atoms in total. The minimum absolute atomic E-state index is 0. The molecule has 0 spiro atoms. The van der Waals surface area contributed by atoms with Crippen molar-refractivity contribution in [3.8, 4) is 0 Å². The minimum Gasteiger partial charge on any atom is -0.379 e. The van der Waals surface area contributed by atoms with Crippen LogP contribution >= 0.6 is 24.0 Å². The average Bonchev–Trinajstić information content (AvgIpc) is 2.98. The van der Waals surface area contributed by atoms with Crippen LogP contribution in [-0.4, -0.2) is 83.0 Å². The second-order valence-electron chi connectivity index (χ2n) is 8.27. The maximum absolute atomic E-state index is 12.1. The Morgan fingerprint density at radius 2 is 1.90 bits per heavy atom. The van der Waals surface area contributed by atoms with E-state index in [1.807, 2.05) is 39.3 Å². The van der Waals surface area contributed by atoms with Gasteiger partial charge >= 0.3 is 0 Å². The number of ether oxygens (including phenoxy) is 1. The van der Waals surface area contributed by atoms with Crippen LogP contribution in [0, 0.1) is 6.92 Å². The molecular weight excluding hydrogens is 499 g/mol. The maximum atomic E-state index is 12.1. The maximum Gasteiger partial charge on any atom is 0.239 e. The molecule has 0 bridgehead atoms. The van der Waals surface area contributed by atoms with Crippen LogP contribution in [-0.2, 0) is 23.1 Å². The quantitative estimate of drug-likeness (QED) is 0.191. The van der Waals surface area contributed by atoms with E-state index in [9.17, 15) is 4.79 Å². The Labute approximate surface area is 196 Å². The first-order valence-electron chi connectivity index (χ1n) is 10.2. The first kappa shape index (κ1) is 26.6. The van der Waals surface area contributed by atoms with Gasteiger partial charge in [0.05, 0.1) is 19.8 Å². The van der Waals surface area contributed by atoms with Gasteiger partial charge < -0.3 is 25.3 Å². The van der Waals surface area contributed by atoms with Gasteiger partial charge in [0.15, 0.2) is 11.8 Å². The summed E-state index contributed by atoms with van der Waals surface area (Å²) in [6, 6.07) is 0. The van der Waals surface area contributed by atoms with Crippen LogP contribution in [0.1, 0.15) is 38.8 Å². The summed E-state index contributed by atoms with van der Waals surface area (Å²) in [4.78, 5) is 19.1. The molecule has 3 N–H and O–H groups in total. The van der Waals surface area contributed by atoms with Crippen molar-refractivity contribution in [2.45, 2.75) is 46.2 Å². The number of nitrogens with zero attached hydrogens (tertiary/aromatic N) is 5.